The summed E-state index contributed by atoms with van der Waals surface area (Å²) in [5.41, 5.74) is 1.38. The number of nitrogens with one attached hydrogen (secondary N) is 1. The number of rotatable bonds is 10. The molecule has 0 radical (unpaired) electrons. The van der Waals surface area contributed by atoms with E-state index in [-0.39, 0.29) is 17.4 Å². The van der Waals surface area contributed by atoms with E-state index in [1.54, 1.807) is 18.2 Å². The minimum absolute atomic E-state index is 0.0605. The molecule has 2 N–H and O–H groups in total. The number of pyridine rings is 1. The van der Waals surface area contributed by atoms with E-state index in [0.29, 0.717) is 28.8 Å². The standard InChI is InChI=1S/C29H31F2N5O2/c1-5-35(6-2)16-8-15-32-29-33-26(22-17-20(19(4)37)12-11-18(22)3)21-13-14-25(38)36(28(21)34-29)27-23(30)9-7-10-24(27)31/h7,9-14,17,37H,4-6,8,15-16H2,1-3H3,(H,32,33,34). The van der Waals surface area contributed by atoms with Crippen molar-refractivity contribution in [2.75, 3.05) is 31.5 Å². The van der Waals surface area contributed by atoms with Crippen molar-refractivity contribution in [1.29, 1.82) is 0 Å². The summed E-state index contributed by atoms with van der Waals surface area (Å²) >= 11 is 0. The smallest absolute Gasteiger partial charge is 0.256 e. The van der Waals surface area contributed by atoms with Crippen LogP contribution < -0.4 is 10.9 Å². The van der Waals surface area contributed by atoms with Gasteiger partial charge < -0.3 is 15.3 Å². The number of hydrogen-bond donors (Lipinski definition) is 2. The highest BCUT2D eigenvalue weighted by Crippen LogP contribution is 2.32. The molecular weight excluding hydrogens is 488 g/mol. The van der Waals surface area contributed by atoms with Gasteiger partial charge in [0.15, 0.2) is 5.65 Å². The number of nitrogens with zero attached hydrogens (tertiary/aromatic N) is 4. The van der Waals surface area contributed by atoms with Crippen LogP contribution in [0, 0.1) is 18.6 Å². The zero-order chi connectivity index (χ0) is 27.4. The number of aromatic nitrogens is 3. The fourth-order valence-corrected chi connectivity index (χ4v) is 4.42. The largest absolute Gasteiger partial charge is 0.508 e. The van der Waals surface area contributed by atoms with Crippen LogP contribution in [0.15, 0.2) is 59.9 Å². The van der Waals surface area contributed by atoms with Crippen molar-refractivity contribution in [3.63, 3.8) is 0 Å². The molecule has 0 saturated carbocycles. The second kappa shape index (κ2) is 11.5. The summed E-state index contributed by atoms with van der Waals surface area (Å²) in [5.74, 6) is -1.66. The van der Waals surface area contributed by atoms with Crippen LogP contribution in [0.3, 0.4) is 0 Å². The Hall–Kier alpha value is -4.11. The van der Waals surface area contributed by atoms with Gasteiger partial charge in [-0.2, -0.15) is 4.98 Å². The monoisotopic (exact) mass is 519 g/mol. The predicted molar refractivity (Wildman–Crippen MR) is 148 cm³/mol. The molecular formula is C29H31F2N5O2. The Morgan fingerprint density at radius 3 is 2.45 bits per heavy atom. The first kappa shape index (κ1) is 26.9. The molecule has 2 aromatic heterocycles. The molecule has 0 spiro atoms. The lowest BCUT2D eigenvalue weighted by Crippen LogP contribution is -2.25. The third kappa shape index (κ3) is 5.43. The molecule has 0 fully saturated rings. The number of para-hydroxylation sites is 1. The Morgan fingerprint density at radius 1 is 1.08 bits per heavy atom. The second-order valence-corrected chi connectivity index (χ2v) is 8.99. The van der Waals surface area contributed by atoms with E-state index in [2.05, 4.69) is 35.6 Å². The average molecular weight is 520 g/mol. The molecule has 0 amide bonds. The quantitative estimate of drug-likeness (QED) is 0.206. The van der Waals surface area contributed by atoms with E-state index < -0.39 is 22.9 Å². The number of fused-ring (bicyclic) bond motifs is 1. The summed E-state index contributed by atoms with van der Waals surface area (Å²) in [5, 5.41) is 13.6. The Kier molecular flexibility index (Phi) is 8.16. The van der Waals surface area contributed by atoms with Crippen molar-refractivity contribution in [2.24, 2.45) is 0 Å². The van der Waals surface area contributed by atoms with Crippen LogP contribution in [0.4, 0.5) is 14.7 Å². The van der Waals surface area contributed by atoms with Crippen LogP contribution in [0.5, 0.6) is 0 Å². The molecule has 198 valence electrons. The SMILES string of the molecule is C=C(O)c1ccc(C)c(-c2nc(NCCCN(CC)CC)nc3c2ccc(=O)n3-c2c(F)cccc2F)c1. The molecule has 38 heavy (non-hydrogen) atoms. The summed E-state index contributed by atoms with van der Waals surface area (Å²) < 4.78 is 30.7. The summed E-state index contributed by atoms with van der Waals surface area (Å²) in [7, 11) is 0. The van der Waals surface area contributed by atoms with Gasteiger partial charge in [0.1, 0.15) is 23.1 Å². The maximum absolute atomic E-state index is 14.9. The maximum Gasteiger partial charge on any atom is 0.256 e. The highest BCUT2D eigenvalue weighted by atomic mass is 19.1. The molecule has 0 aliphatic carbocycles. The minimum atomic E-state index is -0.886. The molecule has 9 heteroatoms. The van der Waals surface area contributed by atoms with Gasteiger partial charge in [-0.25, -0.2) is 13.8 Å². The molecule has 2 aromatic carbocycles. The number of aliphatic hydroxyl groups is 1. The molecule has 4 rings (SSSR count). The number of benzene rings is 2. The van der Waals surface area contributed by atoms with E-state index in [1.165, 1.54) is 12.1 Å². The third-order valence-electron chi connectivity index (χ3n) is 6.57. The van der Waals surface area contributed by atoms with Crippen molar-refractivity contribution < 1.29 is 13.9 Å². The van der Waals surface area contributed by atoms with Gasteiger partial charge in [0.2, 0.25) is 5.95 Å². The summed E-state index contributed by atoms with van der Waals surface area (Å²) in [6.07, 6.45) is 0.820. The highest BCUT2D eigenvalue weighted by molar-refractivity contribution is 5.93. The Labute approximate surface area is 220 Å². The molecule has 2 heterocycles. The third-order valence-corrected chi connectivity index (χ3v) is 6.57. The van der Waals surface area contributed by atoms with Crippen molar-refractivity contribution >= 4 is 22.7 Å². The Morgan fingerprint density at radius 2 is 1.79 bits per heavy atom. The van der Waals surface area contributed by atoms with Gasteiger partial charge in [0.05, 0.1) is 5.69 Å². The first-order valence-corrected chi connectivity index (χ1v) is 12.6. The zero-order valence-electron chi connectivity index (χ0n) is 21.8. The number of aliphatic hydroxyl groups excluding tert-OH is 1. The van der Waals surface area contributed by atoms with Crippen LogP contribution in [-0.4, -0.2) is 50.7 Å². The molecule has 4 aromatic rings. The minimum Gasteiger partial charge on any atom is -0.508 e. The molecule has 0 bridgehead atoms. The lowest BCUT2D eigenvalue weighted by atomic mass is 9.99. The van der Waals surface area contributed by atoms with Gasteiger partial charge in [0, 0.05) is 29.1 Å². The van der Waals surface area contributed by atoms with Gasteiger partial charge in [-0.05, 0) is 62.8 Å². The summed E-state index contributed by atoms with van der Waals surface area (Å²) in [6, 6.07) is 11.5. The van der Waals surface area contributed by atoms with Crippen molar-refractivity contribution in [2.45, 2.75) is 27.2 Å². The van der Waals surface area contributed by atoms with Crippen LogP contribution >= 0.6 is 0 Å². The van der Waals surface area contributed by atoms with Gasteiger partial charge in [0.25, 0.3) is 5.56 Å². The first-order chi connectivity index (χ1) is 18.2. The lowest BCUT2D eigenvalue weighted by Gasteiger charge is -2.18. The van der Waals surface area contributed by atoms with Gasteiger partial charge in [-0.3, -0.25) is 9.36 Å². The number of hydrogen-bond acceptors (Lipinski definition) is 6. The van der Waals surface area contributed by atoms with E-state index in [4.69, 9.17) is 4.98 Å². The normalized spacial score (nSPS) is 11.3. The Balaban J connectivity index is 1.93. The number of anilines is 1. The predicted octanol–water partition coefficient (Wildman–Crippen LogP) is 5.71. The molecule has 0 unspecified atom stereocenters. The number of halogens is 2. The first-order valence-electron chi connectivity index (χ1n) is 12.6. The van der Waals surface area contributed by atoms with Gasteiger partial charge >= 0.3 is 0 Å². The molecule has 0 saturated heterocycles. The fraction of sp³-hybridized carbons (Fsp3) is 0.276. The van der Waals surface area contributed by atoms with E-state index >= 15 is 0 Å². The van der Waals surface area contributed by atoms with Crippen molar-refractivity contribution in [1.82, 2.24) is 19.4 Å². The van der Waals surface area contributed by atoms with Crippen LogP contribution in [0.2, 0.25) is 0 Å². The molecule has 0 aliphatic rings. The average Bonchev–Trinajstić information content (AvgIpc) is 2.89. The number of aryl methyl sites for hydroxylation is 1. The van der Waals surface area contributed by atoms with E-state index in [1.807, 2.05) is 13.0 Å². The summed E-state index contributed by atoms with van der Waals surface area (Å²) in [4.78, 5) is 24.6. The second-order valence-electron chi connectivity index (χ2n) is 8.99. The topological polar surface area (TPSA) is 83.3 Å². The maximum atomic E-state index is 14.9. The lowest BCUT2D eigenvalue weighted by molar-refractivity contribution is 0.303. The molecule has 7 nitrogen and oxygen atoms in total. The highest BCUT2D eigenvalue weighted by Gasteiger charge is 2.20. The van der Waals surface area contributed by atoms with Crippen LogP contribution in [-0.2, 0) is 0 Å². The van der Waals surface area contributed by atoms with Crippen molar-refractivity contribution in [3.8, 4) is 16.9 Å². The van der Waals surface area contributed by atoms with Crippen LogP contribution in [0.1, 0.15) is 31.4 Å². The molecule has 0 aliphatic heterocycles. The fourth-order valence-electron chi connectivity index (χ4n) is 4.42. The Bertz CT molecular complexity index is 1530. The van der Waals surface area contributed by atoms with Gasteiger partial charge in [-0.1, -0.05) is 38.6 Å². The van der Waals surface area contributed by atoms with E-state index in [0.717, 1.165) is 48.3 Å². The van der Waals surface area contributed by atoms with E-state index in [9.17, 15) is 18.7 Å². The zero-order valence-corrected chi connectivity index (χ0v) is 21.8. The van der Waals surface area contributed by atoms with Gasteiger partial charge in [-0.15, -0.1) is 0 Å². The summed E-state index contributed by atoms with van der Waals surface area (Å²) in [6.45, 7) is 13.0. The molecule has 0 atom stereocenters. The van der Waals surface area contributed by atoms with Crippen molar-refractivity contribution in [3.05, 3.63) is 88.2 Å². The van der Waals surface area contributed by atoms with Crippen LogP contribution in [0.25, 0.3) is 33.7 Å².